The molecule has 0 heterocycles. The van der Waals surface area contributed by atoms with Gasteiger partial charge in [-0.3, -0.25) is 4.79 Å². The summed E-state index contributed by atoms with van der Waals surface area (Å²) in [6.07, 6.45) is 0. The van der Waals surface area contributed by atoms with E-state index in [0.717, 1.165) is 0 Å². The van der Waals surface area contributed by atoms with Gasteiger partial charge in [-0.05, 0) is 17.7 Å². The molecular formula is C13H10O2S. The van der Waals surface area contributed by atoms with Crippen molar-refractivity contribution in [3.63, 3.8) is 0 Å². The molecule has 0 aliphatic heterocycles. The van der Waals surface area contributed by atoms with Gasteiger partial charge in [0, 0.05) is 11.1 Å². The summed E-state index contributed by atoms with van der Waals surface area (Å²) in [4.78, 5) is 11.3. The Morgan fingerprint density at radius 3 is 2.12 bits per heavy atom. The predicted molar refractivity (Wildman–Crippen MR) is 66.9 cm³/mol. The minimum atomic E-state index is -0.307. The van der Waals surface area contributed by atoms with Crippen LogP contribution < -0.4 is 0 Å². The van der Waals surface area contributed by atoms with Gasteiger partial charge in [0.15, 0.2) is 0 Å². The van der Waals surface area contributed by atoms with E-state index in [1.54, 1.807) is 36.4 Å². The van der Waals surface area contributed by atoms with Crippen LogP contribution in [0.1, 0.15) is 10.4 Å². The first-order valence-electron chi connectivity index (χ1n) is 4.81. The molecule has 3 heteroatoms. The third-order valence-electron chi connectivity index (χ3n) is 2.35. The fourth-order valence-corrected chi connectivity index (χ4v) is 1.80. The predicted octanol–water partition coefficient (Wildman–Crippen LogP) is 3.13. The van der Waals surface area contributed by atoms with E-state index in [1.807, 2.05) is 12.1 Å². The van der Waals surface area contributed by atoms with Crippen molar-refractivity contribution < 1.29 is 9.90 Å². The first kappa shape index (κ1) is 10.8. The standard InChI is InChI=1S/C13H10O2S/c14-12-8-4-3-6-10(12)9-5-1-2-7-11(9)13(15)16/h1-8,14H,(H,15,16). The maximum Gasteiger partial charge on any atom is 0.216 e. The number of hydrogen-bond acceptors (Lipinski definition) is 2. The highest BCUT2D eigenvalue weighted by molar-refractivity contribution is 7.97. The van der Waals surface area contributed by atoms with Gasteiger partial charge >= 0.3 is 0 Å². The van der Waals surface area contributed by atoms with E-state index in [2.05, 4.69) is 12.6 Å². The zero-order chi connectivity index (χ0) is 11.5. The van der Waals surface area contributed by atoms with Crippen LogP contribution in [0.3, 0.4) is 0 Å². The molecule has 0 bridgehead atoms. The molecule has 0 radical (unpaired) electrons. The molecule has 0 spiro atoms. The van der Waals surface area contributed by atoms with Crippen LogP contribution in [0.5, 0.6) is 5.75 Å². The Bertz CT molecular complexity index is 535. The molecule has 0 aliphatic rings. The van der Waals surface area contributed by atoms with Gasteiger partial charge in [0.1, 0.15) is 5.75 Å². The summed E-state index contributed by atoms with van der Waals surface area (Å²) >= 11 is 3.82. The Morgan fingerprint density at radius 1 is 0.938 bits per heavy atom. The van der Waals surface area contributed by atoms with E-state index < -0.39 is 0 Å². The van der Waals surface area contributed by atoms with Crippen molar-refractivity contribution in [2.75, 3.05) is 0 Å². The lowest BCUT2D eigenvalue weighted by Gasteiger charge is -2.07. The summed E-state index contributed by atoms with van der Waals surface area (Å²) in [7, 11) is 0. The highest BCUT2D eigenvalue weighted by Crippen LogP contribution is 2.31. The molecule has 1 N–H and O–H groups in total. The van der Waals surface area contributed by atoms with Gasteiger partial charge in [0.2, 0.25) is 5.12 Å². The van der Waals surface area contributed by atoms with Crippen LogP contribution in [0.2, 0.25) is 0 Å². The number of carbonyl (C=O) groups excluding carboxylic acids is 1. The Kier molecular flexibility index (Phi) is 2.97. The molecule has 0 amide bonds. The van der Waals surface area contributed by atoms with Gasteiger partial charge < -0.3 is 5.11 Å². The van der Waals surface area contributed by atoms with E-state index in [4.69, 9.17) is 0 Å². The van der Waals surface area contributed by atoms with Crippen molar-refractivity contribution in [2.45, 2.75) is 0 Å². The van der Waals surface area contributed by atoms with Crippen molar-refractivity contribution in [1.29, 1.82) is 0 Å². The SMILES string of the molecule is O=C(S)c1ccccc1-c1ccccc1O. The average Bonchev–Trinajstić information content (AvgIpc) is 2.29. The molecule has 2 rings (SSSR count). The second-order valence-electron chi connectivity index (χ2n) is 3.37. The van der Waals surface area contributed by atoms with Crippen LogP contribution >= 0.6 is 12.6 Å². The number of thiol groups is 1. The van der Waals surface area contributed by atoms with Crippen molar-refractivity contribution >= 4 is 17.7 Å². The molecule has 2 aromatic carbocycles. The maximum atomic E-state index is 11.3. The Balaban J connectivity index is 2.65. The number of carbonyl (C=O) groups is 1. The lowest BCUT2D eigenvalue weighted by atomic mass is 9.99. The van der Waals surface area contributed by atoms with E-state index in [-0.39, 0.29) is 10.9 Å². The molecule has 16 heavy (non-hydrogen) atoms. The number of rotatable bonds is 2. The summed E-state index contributed by atoms with van der Waals surface area (Å²) in [6.45, 7) is 0. The molecule has 2 nitrogen and oxygen atoms in total. The number of benzene rings is 2. The van der Waals surface area contributed by atoms with Crippen LogP contribution in [0.4, 0.5) is 0 Å². The molecule has 0 atom stereocenters. The normalized spacial score (nSPS) is 10.1. The largest absolute Gasteiger partial charge is 0.507 e. The summed E-state index contributed by atoms with van der Waals surface area (Å²) in [6, 6.07) is 14.0. The third kappa shape index (κ3) is 1.95. The number of aromatic hydroxyl groups is 1. The Hall–Kier alpha value is -1.74. The second kappa shape index (κ2) is 4.41. The monoisotopic (exact) mass is 230 g/mol. The smallest absolute Gasteiger partial charge is 0.216 e. The highest BCUT2D eigenvalue weighted by Gasteiger charge is 2.11. The van der Waals surface area contributed by atoms with Crippen molar-refractivity contribution in [3.8, 4) is 16.9 Å². The minimum absolute atomic E-state index is 0.157. The average molecular weight is 230 g/mol. The van der Waals surface area contributed by atoms with Gasteiger partial charge in [-0.25, -0.2) is 0 Å². The zero-order valence-corrected chi connectivity index (χ0v) is 9.32. The van der Waals surface area contributed by atoms with Gasteiger partial charge in [-0.1, -0.05) is 36.4 Å². The van der Waals surface area contributed by atoms with Gasteiger partial charge in [-0.15, -0.1) is 12.6 Å². The molecule has 0 aliphatic carbocycles. The number of hydrogen-bond donors (Lipinski definition) is 2. The molecule has 0 unspecified atom stereocenters. The third-order valence-corrected chi connectivity index (χ3v) is 2.59. The maximum absolute atomic E-state index is 11.3. The zero-order valence-electron chi connectivity index (χ0n) is 8.42. The van der Waals surface area contributed by atoms with E-state index in [0.29, 0.717) is 16.7 Å². The lowest BCUT2D eigenvalue weighted by Crippen LogP contribution is -1.93. The highest BCUT2D eigenvalue weighted by atomic mass is 32.1. The second-order valence-corrected chi connectivity index (χ2v) is 3.77. The quantitative estimate of drug-likeness (QED) is 0.778. The summed E-state index contributed by atoms with van der Waals surface area (Å²) in [5, 5.41) is 9.43. The molecule has 0 aromatic heterocycles. The molecule has 80 valence electrons. The van der Waals surface area contributed by atoms with Crippen LogP contribution in [-0.4, -0.2) is 10.2 Å². The van der Waals surface area contributed by atoms with Crippen LogP contribution in [0.15, 0.2) is 48.5 Å². The summed E-state index contributed by atoms with van der Waals surface area (Å²) < 4.78 is 0. The molecular weight excluding hydrogens is 220 g/mol. The Labute approximate surface area is 99.0 Å². The number of phenolic OH excluding ortho intramolecular Hbond substituents is 1. The van der Waals surface area contributed by atoms with Gasteiger partial charge in [-0.2, -0.15) is 0 Å². The number of phenols is 1. The van der Waals surface area contributed by atoms with Crippen molar-refractivity contribution in [1.82, 2.24) is 0 Å². The van der Waals surface area contributed by atoms with E-state index in [9.17, 15) is 9.90 Å². The molecule has 0 fully saturated rings. The fourth-order valence-electron chi connectivity index (χ4n) is 1.61. The molecule has 0 saturated heterocycles. The van der Waals surface area contributed by atoms with Gasteiger partial charge in [0.25, 0.3) is 0 Å². The Morgan fingerprint density at radius 2 is 1.50 bits per heavy atom. The van der Waals surface area contributed by atoms with Crippen molar-refractivity contribution in [2.24, 2.45) is 0 Å². The first-order valence-corrected chi connectivity index (χ1v) is 5.25. The lowest BCUT2D eigenvalue weighted by molar-refractivity contribution is 0.109. The summed E-state index contributed by atoms with van der Waals surface area (Å²) in [5.41, 5.74) is 1.83. The van der Waals surface area contributed by atoms with Crippen LogP contribution in [0, 0.1) is 0 Å². The van der Waals surface area contributed by atoms with Crippen LogP contribution in [0.25, 0.3) is 11.1 Å². The van der Waals surface area contributed by atoms with Crippen LogP contribution in [-0.2, 0) is 0 Å². The minimum Gasteiger partial charge on any atom is -0.507 e. The molecule has 0 saturated carbocycles. The van der Waals surface area contributed by atoms with Crippen molar-refractivity contribution in [3.05, 3.63) is 54.1 Å². The van der Waals surface area contributed by atoms with E-state index >= 15 is 0 Å². The summed E-state index contributed by atoms with van der Waals surface area (Å²) in [5.74, 6) is 0.157. The van der Waals surface area contributed by atoms with E-state index in [1.165, 1.54) is 0 Å². The van der Waals surface area contributed by atoms with Gasteiger partial charge in [0.05, 0.1) is 0 Å². The first-order chi connectivity index (χ1) is 7.70. The molecule has 2 aromatic rings. The fraction of sp³-hybridized carbons (Fsp3) is 0. The topological polar surface area (TPSA) is 37.3 Å². The number of para-hydroxylation sites is 1.